The first-order valence-corrected chi connectivity index (χ1v) is 5.53. The maximum atomic E-state index is 13.2. The molecule has 0 unspecified atom stereocenters. The second-order valence-electron chi connectivity index (χ2n) is 4.09. The lowest BCUT2D eigenvalue weighted by Gasteiger charge is -2.00. The number of nitrogens with zero attached hydrogens (tertiary/aromatic N) is 3. The summed E-state index contributed by atoms with van der Waals surface area (Å²) in [5.41, 5.74) is 8.63. The molecule has 0 fully saturated rings. The minimum absolute atomic E-state index is 0.303. The van der Waals surface area contributed by atoms with Gasteiger partial charge in [0.05, 0.1) is 11.4 Å². The van der Waals surface area contributed by atoms with Gasteiger partial charge in [0.15, 0.2) is 11.5 Å². The van der Waals surface area contributed by atoms with Crippen LogP contribution < -0.4 is 5.73 Å². The molecule has 0 amide bonds. The molecule has 0 bridgehead atoms. The highest BCUT2D eigenvalue weighted by Gasteiger charge is 2.09. The molecule has 0 spiro atoms. The summed E-state index contributed by atoms with van der Waals surface area (Å²) in [5, 5.41) is 4.34. The molecule has 0 aliphatic rings. The first kappa shape index (κ1) is 10.7. The zero-order valence-corrected chi connectivity index (χ0v) is 9.76. The number of fused-ring (bicyclic) bond motifs is 1. The van der Waals surface area contributed by atoms with Gasteiger partial charge in [0.2, 0.25) is 0 Å². The molecule has 1 aromatic carbocycles. The van der Waals surface area contributed by atoms with E-state index in [9.17, 15) is 4.39 Å². The van der Waals surface area contributed by atoms with Crippen molar-refractivity contribution in [2.24, 2.45) is 0 Å². The predicted octanol–water partition coefficient (Wildman–Crippen LogP) is 2.43. The second kappa shape index (κ2) is 3.80. The lowest BCUT2D eigenvalue weighted by Crippen LogP contribution is -1.98. The molecule has 90 valence electrons. The molecule has 0 atom stereocenters. The first-order valence-electron chi connectivity index (χ1n) is 5.53. The summed E-state index contributed by atoms with van der Waals surface area (Å²) in [6.45, 7) is 1.87. The van der Waals surface area contributed by atoms with E-state index in [1.54, 1.807) is 28.8 Å². The summed E-state index contributed by atoms with van der Waals surface area (Å²) >= 11 is 0. The van der Waals surface area contributed by atoms with Gasteiger partial charge in [-0.2, -0.15) is 0 Å². The molecule has 0 aliphatic heterocycles. The molecule has 18 heavy (non-hydrogen) atoms. The fraction of sp³-hybridized carbons (Fsp3) is 0.0769. The van der Waals surface area contributed by atoms with Crippen LogP contribution in [0.5, 0.6) is 0 Å². The van der Waals surface area contributed by atoms with Gasteiger partial charge in [-0.1, -0.05) is 12.1 Å². The Bertz CT molecular complexity index is 733. The molecule has 2 heterocycles. The molecule has 4 nitrogen and oxygen atoms in total. The van der Waals surface area contributed by atoms with Gasteiger partial charge in [0, 0.05) is 5.56 Å². The van der Waals surface area contributed by atoms with Crippen LogP contribution in [-0.4, -0.2) is 14.6 Å². The van der Waals surface area contributed by atoms with Crippen molar-refractivity contribution in [1.82, 2.24) is 14.6 Å². The maximum absolute atomic E-state index is 13.2. The van der Waals surface area contributed by atoms with E-state index >= 15 is 0 Å². The van der Waals surface area contributed by atoms with Gasteiger partial charge in [0.1, 0.15) is 5.82 Å². The van der Waals surface area contributed by atoms with Gasteiger partial charge in [-0.3, -0.25) is 0 Å². The Kier molecular flexibility index (Phi) is 2.26. The first-order chi connectivity index (χ1) is 8.65. The Morgan fingerprint density at radius 2 is 2.06 bits per heavy atom. The third-order valence-corrected chi connectivity index (χ3v) is 2.86. The lowest BCUT2D eigenvalue weighted by molar-refractivity contribution is 0.628. The van der Waals surface area contributed by atoms with Crippen molar-refractivity contribution < 1.29 is 4.39 Å². The fourth-order valence-electron chi connectivity index (χ4n) is 1.84. The average Bonchev–Trinajstić information content (AvgIpc) is 2.79. The van der Waals surface area contributed by atoms with Gasteiger partial charge in [-0.25, -0.2) is 13.9 Å². The monoisotopic (exact) mass is 242 g/mol. The van der Waals surface area contributed by atoms with Crippen LogP contribution in [0.25, 0.3) is 17.0 Å². The standard InChI is InChI=1S/C13H11FN4/c1-8-11(15)5-6-12-16-13(17-18(8)12)9-3-2-4-10(14)7-9/h2-7H,15H2,1H3. The Morgan fingerprint density at radius 3 is 2.83 bits per heavy atom. The van der Waals surface area contributed by atoms with Crippen LogP contribution >= 0.6 is 0 Å². The smallest absolute Gasteiger partial charge is 0.182 e. The summed E-state index contributed by atoms with van der Waals surface area (Å²) in [7, 11) is 0. The van der Waals surface area contributed by atoms with Crippen molar-refractivity contribution in [3.05, 3.63) is 47.9 Å². The number of nitrogens with two attached hydrogens (primary N) is 1. The van der Waals surface area contributed by atoms with Crippen molar-refractivity contribution >= 4 is 11.3 Å². The second-order valence-corrected chi connectivity index (χ2v) is 4.09. The highest BCUT2D eigenvalue weighted by atomic mass is 19.1. The quantitative estimate of drug-likeness (QED) is 0.713. The van der Waals surface area contributed by atoms with Crippen LogP contribution in [0.15, 0.2) is 36.4 Å². The number of benzene rings is 1. The van der Waals surface area contributed by atoms with Crippen molar-refractivity contribution in [3.8, 4) is 11.4 Å². The normalized spacial score (nSPS) is 11.0. The molecule has 5 heteroatoms. The Balaban J connectivity index is 2.23. The molecular weight excluding hydrogens is 231 g/mol. The SMILES string of the molecule is Cc1c(N)ccc2nc(-c3cccc(F)c3)nn12. The van der Waals surface area contributed by atoms with Crippen molar-refractivity contribution in [3.63, 3.8) is 0 Å². The van der Waals surface area contributed by atoms with Crippen LogP contribution in [0.4, 0.5) is 10.1 Å². The van der Waals surface area contributed by atoms with E-state index in [-0.39, 0.29) is 5.82 Å². The molecule has 0 aliphatic carbocycles. The molecule has 0 saturated heterocycles. The van der Waals surface area contributed by atoms with Gasteiger partial charge in [0.25, 0.3) is 0 Å². The molecule has 2 aromatic heterocycles. The zero-order chi connectivity index (χ0) is 12.7. The Hall–Kier alpha value is -2.43. The van der Waals surface area contributed by atoms with Gasteiger partial charge in [-0.05, 0) is 31.2 Å². The summed E-state index contributed by atoms with van der Waals surface area (Å²) < 4.78 is 14.8. The number of nitrogen functional groups attached to an aromatic ring is 1. The molecule has 0 radical (unpaired) electrons. The van der Waals surface area contributed by atoms with Crippen LogP contribution in [0.2, 0.25) is 0 Å². The number of hydrogen-bond donors (Lipinski definition) is 1. The number of anilines is 1. The summed E-state index contributed by atoms with van der Waals surface area (Å²) in [4.78, 5) is 4.36. The van der Waals surface area contributed by atoms with Crippen molar-refractivity contribution in [1.29, 1.82) is 0 Å². The van der Waals surface area contributed by atoms with Crippen LogP contribution in [0.3, 0.4) is 0 Å². The van der Waals surface area contributed by atoms with E-state index in [1.807, 2.05) is 6.92 Å². The maximum Gasteiger partial charge on any atom is 0.182 e. The molecule has 3 aromatic rings. The van der Waals surface area contributed by atoms with Crippen LogP contribution in [0.1, 0.15) is 5.69 Å². The van der Waals surface area contributed by atoms with E-state index < -0.39 is 0 Å². The van der Waals surface area contributed by atoms with E-state index in [0.717, 1.165) is 5.69 Å². The fourth-order valence-corrected chi connectivity index (χ4v) is 1.84. The van der Waals surface area contributed by atoms with Gasteiger partial charge >= 0.3 is 0 Å². The molecule has 0 saturated carbocycles. The number of aromatic nitrogens is 3. The van der Waals surface area contributed by atoms with Crippen molar-refractivity contribution in [2.45, 2.75) is 6.92 Å². The largest absolute Gasteiger partial charge is 0.397 e. The molecule has 2 N–H and O–H groups in total. The number of rotatable bonds is 1. The highest BCUT2D eigenvalue weighted by molar-refractivity contribution is 5.60. The zero-order valence-electron chi connectivity index (χ0n) is 9.76. The number of aryl methyl sites for hydroxylation is 1. The minimum atomic E-state index is -0.303. The van der Waals surface area contributed by atoms with E-state index in [2.05, 4.69) is 10.1 Å². The van der Waals surface area contributed by atoms with E-state index in [0.29, 0.717) is 22.7 Å². The topological polar surface area (TPSA) is 56.2 Å². The van der Waals surface area contributed by atoms with Crippen LogP contribution in [-0.2, 0) is 0 Å². The summed E-state index contributed by atoms with van der Waals surface area (Å²) in [5.74, 6) is 0.186. The van der Waals surface area contributed by atoms with Crippen LogP contribution in [0, 0.1) is 12.7 Å². The summed E-state index contributed by atoms with van der Waals surface area (Å²) in [6, 6.07) is 9.79. The minimum Gasteiger partial charge on any atom is -0.397 e. The van der Waals surface area contributed by atoms with Gasteiger partial charge in [-0.15, -0.1) is 5.10 Å². The van der Waals surface area contributed by atoms with Crippen molar-refractivity contribution in [2.75, 3.05) is 5.73 Å². The Labute approximate surface area is 103 Å². The number of halogens is 1. The third-order valence-electron chi connectivity index (χ3n) is 2.86. The number of hydrogen-bond acceptors (Lipinski definition) is 3. The molecule has 3 rings (SSSR count). The predicted molar refractivity (Wildman–Crippen MR) is 67.5 cm³/mol. The van der Waals surface area contributed by atoms with E-state index in [4.69, 9.17) is 5.73 Å². The highest BCUT2D eigenvalue weighted by Crippen LogP contribution is 2.19. The lowest BCUT2D eigenvalue weighted by atomic mass is 10.2. The molecular formula is C13H11FN4. The summed E-state index contributed by atoms with van der Waals surface area (Å²) in [6.07, 6.45) is 0. The Morgan fingerprint density at radius 1 is 1.22 bits per heavy atom. The van der Waals surface area contributed by atoms with E-state index in [1.165, 1.54) is 12.1 Å². The third kappa shape index (κ3) is 1.60. The average molecular weight is 242 g/mol. The van der Waals surface area contributed by atoms with Gasteiger partial charge < -0.3 is 5.73 Å². The number of pyridine rings is 1.